The van der Waals surface area contributed by atoms with Crippen LogP contribution in [0.2, 0.25) is 0 Å². The van der Waals surface area contributed by atoms with Gasteiger partial charge in [0.2, 0.25) is 0 Å². The number of halogens is 1. The Hall–Kier alpha value is -0.310. The maximum atomic E-state index is 10.6. The largest absolute Gasteiger partial charge is 0.478 e. The van der Waals surface area contributed by atoms with E-state index in [1.54, 1.807) is 0 Å². The van der Waals surface area contributed by atoms with Gasteiger partial charge in [0.05, 0.1) is 0 Å². The molecule has 0 aromatic rings. The van der Waals surface area contributed by atoms with Gasteiger partial charge in [0, 0.05) is 10.9 Å². The topological polar surface area (TPSA) is 37.3 Å². The predicted molar refractivity (Wildman–Crippen MR) is 49.0 cm³/mol. The van der Waals surface area contributed by atoms with E-state index in [2.05, 4.69) is 15.9 Å². The molecule has 2 nitrogen and oxygen atoms in total. The number of aliphatic carboxylic acids is 1. The fourth-order valence-corrected chi connectivity index (χ4v) is 1.17. The zero-order valence-electron chi connectivity index (χ0n) is 6.85. The number of allylic oxidation sites excluding steroid dienone is 1. The molecule has 0 spiro atoms. The Balaban J connectivity index is 4.43. The summed E-state index contributed by atoms with van der Waals surface area (Å²) in [7, 11) is 0. The Morgan fingerprint density at radius 3 is 2.36 bits per heavy atom. The van der Waals surface area contributed by atoms with E-state index in [0.29, 0.717) is 17.3 Å². The summed E-state index contributed by atoms with van der Waals surface area (Å²) >= 11 is 3.23. The van der Waals surface area contributed by atoms with Crippen molar-refractivity contribution < 1.29 is 9.90 Å². The van der Waals surface area contributed by atoms with Crippen LogP contribution in [0.25, 0.3) is 0 Å². The standard InChI is InChI=1S/C8H13BrO2/c1-3-4-7(8(10)11)6(2)5-9/h3-5H2,1-2H3,(H,10,11). The predicted octanol–water partition coefficient (Wildman–Crippen LogP) is 2.58. The highest BCUT2D eigenvalue weighted by Crippen LogP contribution is 2.12. The molecular weight excluding hydrogens is 208 g/mol. The van der Waals surface area contributed by atoms with Crippen molar-refractivity contribution in [1.29, 1.82) is 0 Å². The van der Waals surface area contributed by atoms with Crippen LogP contribution in [0.5, 0.6) is 0 Å². The summed E-state index contributed by atoms with van der Waals surface area (Å²) in [5, 5.41) is 9.37. The Morgan fingerprint density at radius 2 is 2.09 bits per heavy atom. The van der Waals surface area contributed by atoms with Gasteiger partial charge in [-0.1, -0.05) is 34.8 Å². The van der Waals surface area contributed by atoms with E-state index in [9.17, 15) is 4.79 Å². The lowest BCUT2D eigenvalue weighted by molar-refractivity contribution is -0.132. The summed E-state index contributed by atoms with van der Waals surface area (Å²) in [6, 6.07) is 0. The van der Waals surface area contributed by atoms with Crippen LogP contribution in [-0.2, 0) is 4.79 Å². The highest BCUT2D eigenvalue weighted by atomic mass is 79.9. The number of rotatable bonds is 4. The van der Waals surface area contributed by atoms with E-state index in [0.717, 1.165) is 12.0 Å². The van der Waals surface area contributed by atoms with Crippen LogP contribution < -0.4 is 0 Å². The van der Waals surface area contributed by atoms with Crippen molar-refractivity contribution in [1.82, 2.24) is 0 Å². The summed E-state index contributed by atoms with van der Waals surface area (Å²) < 4.78 is 0. The Labute approximate surface area is 75.4 Å². The van der Waals surface area contributed by atoms with Crippen LogP contribution in [0, 0.1) is 0 Å². The first-order valence-electron chi connectivity index (χ1n) is 3.61. The first kappa shape index (κ1) is 10.7. The van der Waals surface area contributed by atoms with Crippen molar-refractivity contribution in [3.8, 4) is 0 Å². The van der Waals surface area contributed by atoms with Crippen LogP contribution in [0.4, 0.5) is 0 Å². The summed E-state index contributed by atoms with van der Waals surface area (Å²) in [5.41, 5.74) is 1.46. The first-order valence-corrected chi connectivity index (χ1v) is 4.73. The second-order valence-corrected chi connectivity index (χ2v) is 3.01. The van der Waals surface area contributed by atoms with Crippen LogP contribution in [0.1, 0.15) is 26.7 Å². The molecule has 3 heteroatoms. The van der Waals surface area contributed by atoms with Gasteiger partial charge in [-0.3, -0.25) is 0 Å². The molecule has 0 atom stereocenters. The van der Waals surface area contributed by atoms with Gasteiger partial charge >= 0.3 is 5.97 Å². The van der Waals surface area contributed by atoms with Crippen molar-refractivity contribution in [2.75, 3.05) is 5.33 Å². The van der Waals surface area contributed by atoms with E-state index < -0.39 is 5.97 Å². The van der Waals surface area contributed by atoms with Gasteiger partial charge in [-0.25, -0.2) is 4.79 Å². The third-order valence-electron chi connectivity index (χ3n) is 1.47. The van der Waals surface area contributed by atoms with Gasteiger partial charge in [-0.05, 0) is 13.3 Å². The summed E-state index contributed by atoms with van der Waals surface area (Å²) in [6.07, 6.45) is 1.54. The Morgan fingerprint density at radius 1 is 1.55 bits per heavy atom. The van der Waals surface area contributed by atoms with Crippen LogP contribution in [0.15, 0.2) is 11.1 Å². The highest BCUT2D eigenvalue weighted by molar-refractivity contribution is 9.09. The SMILES string of the molecule is CCCC(C(=O)O)=C(C)CBr. The minimum absolute atomic E-state index is 0.546. The molecule has 0 radical (unpaired) electrons. The van der Waals surface area contributed by atoms with Crippen LogP contribution >= 0.6 is 15.9 Å². The van der Waals surface area contributed by atoms with Crippen molar-refractivity contribution in [2.45, 2.75) is 26.7 Å². The molecule has 0 aliphatic heterocycles. The lowest BCUT2D eigenvalue weighted by Gasteiger charge is -2.03. The number of hydrogen-bond acceptors (Lipinski definition) is 1. The van der Waals surface area contributed by atoms with Crippen LogP contribution in [0.3, 0.4) is 0 Å². The van der Waals surface area contributed by atoms with Gasteiger partial charge in [0.1, 0.15) is 0 Å². The molecule has 0 aromatic heterocycles. The Bertz CT molecular complexity index is 173. The molecule has 64 valence electrons. The second kappa shape index (κ2) is 5.35. The lowest BCUT2D eigenvalue weighted by Crippen LogP contribution is -2.03. The number of carbonyl (C=O) groups is 1. The van der Waals surface area contributed by atoms with Gasteiger partial charge in [0.15, 0.2) is 0 Å². The fourth-order valence-electron chi connectivity index (χ4n) is 0.834. The smallest absolute Gasteiger partial charge is 0.331 e. The molecule has 0 saturated carbocycles. The molecule has 0 amide bonds. The Kier molecular flexibility index (Phi) is 5.20. The molecule has 0 aliphatic rings. The number of carboxylic acid groups (broad SMARTS) is 1. The quantitative estimate of drug-likeness (QED) is 0.585. The summed E-state index contributed by atoms with van der Waals surface area (Å²) in [5.74, 6) is -0.788. The highest BCUT2D eigenvalue weighted by Gasteiger charge is 2.08. The minimum Gasteiger partial charge on any atom is -0.478 e. The molecule has 0 fully saturated rings. The second-order valence-electron chi connectivity index (χ2n) is 2.45. The maximum absolute atomic E-state index is 10.6. The molecule has 1 N–H and O–H groups in total. The van der Waals surface area contributed by atoms with Crippen molar-refractivity contribution in [2.24, 2.45) is 0 Å². The minimum atomic E-state index is -0.788. The fraction of sp³-hybridized carbons (Fsp3) is 0.625. The van der Waals surface area contributed by atoms with E-state index in [-0.39, 0.29) is 0 Å². The molecule has 11 heavy (non-hydrogen) atoms. The van der Waals surface area contributed by atoms with Gasteiger partial charge < -0.3 is 5.11 Å². The third kappa shape index (κ3) is 3.56. The molecule has 0 saturated heterocycles. The normalized spacial score (nSPS) is 12.6. The van der Waals surface area contributed by atoms with Crippen molar-refractivity contribution in [3.05, 3.63) is 11.1 Å². The molecule has 0 unspecified atom stereocenters. The van der Waals surface area contributed by atoms with E-state index in [1.807, 2.05) is 13.8 Å². The average molecular weight is 221 g/mol. The molecule has 0 bridgehead atoms. The maximum Gasteiger partial charge on any atom is 0.331 e. The number of alkyl halides is 1. The van der Waals surface area contributed by atoms with Crippen LogP contribution in [-0.4, -0.2) is 16.4 Å². The average Bonchev–Trinajstić information content (AvgIpc) is 1.98. The molecular formula is C8H13BrO2. The van der Waals surface area contributed by atoms with Crippen molar-refractivity contribution in [3.63, 3.8) is 0 Å². The first-order chi connectivity index (χ1) is 5.13. The third-order valence-corrected chi connectivity index (χ3v) is 2.31. The zero-order chi connectivity index (χ0) is 8.85. The molecule has 0 heterocycles. The van der Waals surface area contributed by atoms with E-state index >= 15 is 0 Å². The molecule has 0 rings (SSSR count). The van der Waals surface area contributed by atoms with Gasteiger partial charge in [-0.2, -0.15) is 0 Å². The summed E-state index contributed by atoms with van der Waals surface area (Å²) in [6.45, 7) is 3.82. The van der Waals surface area contributed by atoms with Gasteiger partial charge in [0.25, 0.3) is 0 Å². The monoisotopic (exact) mass is 220 g/mol. The van der Waals surface area contributed by atoms with E-state index in [1.165, 1.54) is 0 Å². The summed E-state index contributed by atoms with van der Waals surface area (Å²) in [4.78, 5) is 10.6. The lowest BCUT2D eigenvalue weighted by atomic mass is 10.1. The van der Waals surface area contributed by atoms with E-state index in [4.69, 9.17) is 5.11 Å². The zero-order valence-corrected chi connectivity index (χ0v) is 8.44. The van der Waals surface area contributed by atoms with Crippen molar-refractivity contribution >= 4 is 21.9 Å². The number of carboxylic acids is 1. The molecule has 0 aromatic carbocycles. The molecule has 0 aliphatic carbocycles. The number of hydrogen-bond donors (Lipinski definition) is 1. The van der Waals surface area contributed by atoms with Gasteiger partial charge in [-0.15, -0.1) is 0 Å².